The maximum atomic E-state index is 12.7. The van der Waals surface area contributed by atoms with E-state index < -0.39 is 0 Å². The van der Waals surface area contributed by atoms with Gasteiger partial charge in [0.2, 0.25) is 0 Å². The molecule has 28 heavy (non-hydrogen) atoms. The van der Waals surface area contributed by atoms with Gasteiger partial charge in [-0.3, -0.25) is 4.79 Å². The molecule has 0 atom stereocenters. The van der Waals surface area contributed by atoms with E-state index in [2.05, 4.69) is 36.0 Å². The number of hydrogen-bond donors (Lipinski definition) is 0. The lowest BCUT2D eigenvalue weighted by atomic mass is 10.1. The summed E-state index contributed by atoms with van der Waals surface area (Å²) in [7, 11) is 0. The van der Waals surface area contributed by atoms with Gasteiger partial charge in [-0.25, -0.2) is 0 Å². The minimum atomic E-state index is -0.188. The van der Waals surface area contributed by atoms with E-state index in [1.165, 1.54) is 28.0 Å². The number of nitrogens with zero attached hydrogens (tertiary/aromatic N) is 3. The summed E-state index contributed by atoms with van der Waals surface area (Å²) in [6.45, 7) is 8.24. The highest BCUT2D eigenvalue weighted by atomic mass is 32.2. The second-order valence-corrected chi connectivity index (χ2v) is 8.09. The fourth-order valence-corrected chi connectivity index (χ4v) is 4.03. The third kappa shape index (κ3) is 4.69. The number of carbonyl (C=O) groups excluding carboxylic acids is 1. The van der Waals surface area contributed by atoms with E-state index in [-0.39, 0.29) is 5.91 Å². The number of thioether (sulfide) groups is 1. The van der Waals surface area contributed by atoms with E-state index >= 15 is 0 Å². The molecule has 3 rings (SSSR count). The summed E-state index contributed by atoms with van der Waals surface area (Å²) in [5.74, 6) is -0.188. The first-order valence-corrected chi connectivity index (χ1v) is 10.5. The number of aryl methyl sites for hydroxylation is 1. The number of hydrazone groups is 1. The molecular weight excluding hydrogens is 386 g/mol. The summed E-state index contributed by atoms with van der Waals surface area (Å²) in [5.41, 5.74) is 4.25. The number of thiocarbonyl (C=S) groups is 1. The van der Waals surface area contributed by atoms with Gasteiger partial charge < -0.3 is 4.90 Å². The van der Waals surface area contributed by atoms with Crippen LogP contribution in [0.3, 0.4) is 0 Å². The fourth-order valence-electron chi connectivity index (χ4n) is 2.86. The first-order chi connectivity index (χ1) is 13.5. The van der Waals surface area contributed by atoms with Crippen LogP contribution in [0, 0.1) is 6.92 Å². The molecule has 1 saturated heterocycles. The molecule has 1 amide bonds. The van der Waals surface area contributed by atoms with Gasteiger partial charge in [-0.15, -0.1) is 0 Å². The highest BCUT2D eigenvalue weighted by Crippen LogP contribution is 2.32. The van der Waals surface area contributed by atoms with Gasteiger partial charge in [0.1, 0.15) is 0 Å². The predicted octanol–water partition coefficient (Wildman–Crippen LogP) is 5.08. The quantitative estimate of drug-likeness (QED) is 0.379. The van der Waals surface area contributed by atoms with Gasteiger partial charge in [0, 0.05) is 18.8 Å². The first-order valence-electron chi connectivity index (χ1n) is 9.25. The Balaban J connectivity index is 1.72. The minimum absolute atomic E-state index is 0.188. The lowest BCUT2D eigenvalue weighted by molar-refractivity contribution is -0.122. The van der Waals surface area contributed by atoms with Crippen molar-refractivity contribution in [1.29, 1.82) is 0 Å². The van der Waals surface area contributed by atoms with Gasteiger partial charge in [0.05, 0.1) is 11.1 Å². The molecule has 0 bridgehead atoms. The van der Waals surface area contributed by atoms with Gasteiger partial charge in [-0.1, -0.05) is 53.7 Å². The van der Waals surface area contributed by atoms with E-state index in [4.69, 9.17) is 12.2 Å². The molecule has 144 valence electrons. The largest absolute Gasteiger partial charge is 0.372 e. The van der Waals surface area contributed by atoms with Crippen molar-refractivity contribution in [2.24, 2.45) is 5.10 Å². The summed E-state index contributed by atoms with van der Waals surface area (Å²) >= 11 is 6.62. The number of hydrogen-bond acceptors (Lipinski definition) is 5. The van der Waals surface area contributed by atoms with E-state index in [1.54, 1.807) is 6.21 Å². The van der Waals surface area contributed by atoms with E-state index in [1.807, 2.05) is 49.4 Å². The van der Waals surface area contributed by atoms with Crippen LogP contribution in [0.15, 0.2) is 58.5 Å². The topological polar surface area (TPSA) is 35.9 Å². The third-order valence-electron chi connectivity index (χ3n) is 4.49. The highest BCUT2D eigenvalue weighted by molar-refractivity contribution is 8.26. The Hall–Kier alpha value is -2.44. The summed E-state index contributed by atoms with van der Waals surface area (Å²) in [6, 6.07) is 16.1. The second-order valence-electron chi connectivity index (χ2n) is 6.41. The molecule has 0 N–H and O–H groups in total. The van der Waals surface area contributed by atoms with E-state index in [9.17, 15) is 4.79 Å². The molecular formula is C22H23N3OS2. The summed E-state index contributed by atoms with van der Waals surface area (Å²) in [4.78, 5) is 15.5. The lowest BCUT2D eigenvalue weighted by Gasteiger charge is -2.20. The van der Waals surface area contributed by atoms with E-state index in [0.717, 1.165) is 24.2 Å². The van der Waals surface area contributed by atoms with Gasteiger partial charge in [-0.05, 0) is 62.3 Å². The third-order valence-corrected chi connectivity index (χ3v) is 5.78. The zero-order valence-corrected chi connectivity index (χ0v) is 17.9. The zero-order chi connectivity index (χ0) is 20.1. The van der Waals surface area contributed by atoms with Crippen LogP contribution >= 0.6 is 24.0 Å². The molecule has 2 aromatic carbocycles. The number of benzene rings is 2. The van der Waals surface area contributed by atoms with Crippen LogP contribution in [0.2, 0.25) is 0 Å². The van der Waals surface area contributed by atoms with Crippen LogP contribution in [-0.2, 0) is 4.79 Å². The average molecular weight is 410 g/mol. The summed E-state index contributed by atoms with van der Waals surface area (Å²) < 4.78 is 0.444. The normalized spacial score (nSPS) is 15.8. The van der Waals surface area contributed by atoms with Crippen molar-refractivity contribution in [3.8, 4) is 0 Å². The van der Waals surface area contributed by atoms with Gasteiger partial charge >= 0.3 is 0 Å². The molecule has 0 aliphatic carbocycles. The van der Waals surface area contributed by atoms with Crippen molar-refractivity contribution in [3.05, 3.63) is 70.1 Å². The Labute approximate surface area is 175 Å². The van der Waals surface area contributed by atoms with Crippen molar-refractivity contribution < 1.29 is 4.79 Å². The number of amides is 1. The van der Waals surface area contributed by atoms with Crippen molar-refractivity contribution in [2.45, 2.75) is 20.8 Å². The van der Waals surface area contributed by atoms with Gasteiger partial charge in [-0.2, -0.15) is 10.1 Å². The fraction of sp³-hybridized carbons (Fsp3) is 0.227. The average Bonchev–Trinajstić information content (AvgIpc) is 2.97. The van der Waals surface area contributed by atoms with Crippen molar-refractivity contribution in [1.82, 2.24) is 5.01 Å². The Bertz CT molecular complexity index is 914. The van der Waals surface area contributed by atoms with Crippen LogP contribution in [0.5, 0.6) is 0 Å². The second kappa shape index (κ2) is 9.17. The molecule has 6 heteroatoms. The lowest BCUT2D eigenvalue weighted by Crippen LogP contribution is -2.22. The molecule has 1 aliphatic rings. The Morgan fingerprint density at radius 2 is 1.64 bits per heavy atom. The molecule has 0 aromatic heterocycles. The molecule has 4 nitrogen and oxygen atoms in total. The number of carbonyl (C=O) groups is 1. The van der Waals surface area contributed by atoms with Gasteiger partial charge in [0.25, 0.3) is 5.91 Å². The Kier molecular flexibility index (Phi) is 6.65. The molecule has 1 aliphatic heterocycles. The number of anilines is 1. The van der Waals surface area contributed by atoms with Crippen LogP contribution in [0.1, 0.15) is 30.5 Å². The maximum Gasteiger partial charge on any atom is 0.286 e. The van der Waals surface area contributed by atoms with Crippen LogP contribution in [0.4, 0.5) is 5.69 Å². The van der Waals surface area contributed by atoms with Crippen molar-refractivity contribution in [2.75, 3.05) is 18.0 Å². The van der Waals surface area contributed by atoms with Gasteiger partial charge in [0.15, 0.2) is 4.32 Å². The predicted molar refractivity (Wildman–Crippen MR) is 124 cm³/mol. The van der Waals surface area contributed by atoms with Crippen LogP contribution in [-0.4, -0.2) is 34.5 Å². The van der Waals surface area contributed by atoms with Crippen LogP contribution in [0.25, 0.3) is 6.08 Å². The maximum absolute atomic E-state index is 12.7. The molecule has 0 unspecified atom stereocenters. The smallest absolute Gasteiger partial charge is 0.286 e. The minimum Gasteiger partial charge on any atom is -0.372 e. The summed E-state index contributed by atoms with van der Waals surface area (Å²) in [5, 5.41) is 5.61. The zero-order valence-electron chi connectivity index (χ0n) is 16.3. The molecule has 1 fully saturated rings. The van der Waals surface area contributed by atoms with Crippen LogP contribution < -0.4 is 4.90 Å². The van der Waals surface area contributed by atoms with Crippen molar-refractivity contribution >= 4 is 52.2 Å². The molecule has 0 spiro atoms. The van der Waals surface area contributed by atoms with Crippen molar-refractivity contribution in [3.63, 3.8) is 0 Å². The highest BCUT2D eigenvalue weighted by Gasteiger charge is 2.31. The molecule has 0 radical (unpaired) electrons. The monoisotopic (exact) mass is 409 g/mol. The molecule has 2 aromatic rings. The standard InChI is InChI=1S/C22H23N3OS2/c1-4-24(5-2)19-12-10-18(11-13-19)15-23-25-21(26)20(28-22(25)27)14-17-8-6-16(3)7-9-17/h6-15H,4-5H2,1-3H3/b20-14+,23-15+. The first kappa shape index (κ1) is 20.3. The SMILES string of the molecule is CCN(CC)c1ccc(/C=N/N2C(=O)/C(=C\c3ccc(C)cc3)SC2=S)cc1. The number of rotatable bonds is 6. The molecule has 0 saturated carbocycles. The Morgan fingerprint density at radius 1 is 1.04 bits per heavy atom. The summed E-state index contributed by atoms with van der Waals surface area (Å²) in [6.07, 6.45) is 3.53. The Morgan fingerprint density at radius 3 is 2.25 bits per heavy atom. The molecule has 1 heterocycles. The van der Waals surface area contributed by atoms with E-state index in [0.29, 0.717) is 9.23 Å².